The van der Waals surface area contributed by atoms with E-state index in [1.165, 1.54) is 17.0 Å². The summed E-state index contributed by atoms with van der Waals surface area (Å²) < 4.78 is 29.2. The third-order valence-corrected chi connectivity index (χ3v) is 9.59. The van der Waals surface area contributed by atoms with Crippen molar-refractivity contribution in [2.75, 3.05) is 10.8 Å². The van der Waals surface area contributed by atoms with Gasteiger partial charge in [0.25, 0.3) is 10.0 Å². The van der Waals surface area contributed by atoms with Crippen LogP contribution in [0.3, 0.4) is 0 Å². The molecule has 0 fully saturated rings. The lowest BCUT2D eigenvalue weighted by Crippen LogP contribution is -2.56. The summed E-state index contributed by atoms with van der Waals surface area (Å²) in [6.45, 7) is 6.76. The van der Waals surface area contributed by atoms with Gasteiger partial charge in [-0.05, 0) is 69.7 Å². The lowest BCUT2D eigenvalue weighted by molar-refractivity contribution is -0.140. The Labute approximate surface area is 275 Å². The second-order valence-electron chi connectivity index (χ2n) is 11.8. The molecule has 0 radical (unpaired) electrons. The van der Waals surface area contributed by atoms with Crippen molar-refractivity contribution in [3.05, 3.63) is 130 Å². The molecule has 0 bridgehead atoms. The average Bonchev–Trinajstić information content (AvgIpc) is 2.99. The molecule has 2 amide bonds. The van der Waals surface area contributed by atoms with Gasteiger partial charge in [0.05, 0.1) is 10.6 Å². The lowest BCUT2D eigenvalue weighted by Gasteiger charge is -2.35. The molecule has 10 heteroatoms. The maximum absolute atomic E-state index is 14.6. The van der Waals surface area contributed by atoms with Gasteiger partial charge in [-0.25, -0.2) is 8.42 Å². The molecule has 1 unspecified atom stereocenters. The van der Waals surface area contributed by atoms with Crippen LogP contribution in [0.1, 0.15) is 37.5 Å². The fourth-order valence-corrected chi connectivity index (χ4v) is 6.77. The first-order valence-electron chi connectivity index (χ1n) is 14.5. The molecule has 45 heavy (non-hydrogen) atoms. The number of hydrogen-bond donors (Lipinski definition) is 1. The predicted molar refractivity (Wildman–Crippen MR) is 181 cm³/mol. The topological polar surface area (TPSA) is 86.8 Å². The van der Waals surface area contributed by atoms with E-state index in [2.05, 4.69) is 5.32 Å². The zero-order valence-corrected chi connectivity index (χ0v) is 28.0. The molecular formula is C35H37Cl2N3O4S. The number of benzene rings is 4. The van der Waals surface area contributed by atoms with Gasteiger partial charge in [0, 0.05) is 34.1 Å². The van der Waals surface area contributed by atoms with Gasteiger partial charge in [-0.15, -0.1) is 0 Å². The summed E-state index contributed by atoms with van der Waals surface area (Å²) in [6, 6.07) is 28.1. The third kappa shape index (κ3) is 8.87. The summed E-state index contributed by atoms with van der Waals surface area (Å²) in [6.07, 6.45) is 0.173. The fraction of sp³-hybridized carbons (Fsp3) is 0.257. The van der Waals surface area contributed by atoms with Crippen LogP contribution in [0.4, 0.5) is 5.69 Å². The second kappa shape index (κ2) is 14.5. The first-order chi connectivity index (χ1) is 21.3. The van der Waals surface area contributed by atoms with E-state index in [1.807, 2.05) is 58.0 Å². The number of amides is 2. The smallest absolute Gasteiger partial charge is 0.264 e. The zero-order valence-electron chi connectivity index (χ0n) is 25.7. The van der Waals surface area contributed by atoms with Gasteiger partial charge in [-0.1, -0.05) is 95.5 Å². The normalized spacial score (nSPS) is 12.3. The first kappa shape index (κ1) is 34.0. The van der Waals surface area contributed by atoms with E-state index in [1.54, 1.807) is 60.7 Å². The van der Waals surface area contributed by atoms with Gasteiger partial charge in [-0.2, -0.15) is 0 Å². The Kier molecular flexibility index (Phi) is 11.0. The first-order valence-corrected chi connectivity index (χ1v) is 16.7. The van der Waals surface area contributed by atoms with Crippen molar-refractivity contribution in [2.45, 2.75) is 57.1 Å². The van der Waals surface area contributed by atoms with E-state index in [-0.39, 0.29) is 17.9 Å². The van der Waals surface area contributed by atoms with Crippen LogP contribution >= 0.6 is 23.2 Å². The van der Waals surface area contributed by atoms with Crippen molar-refractivity contribution in [3.8, 4) is 0 Å². The van der Waals surface area contributed by atoms with Gasteiger partial charge in [0.2, 0.25) is 11.8 Å². The molecule has 4 aromatic carbocycles. The molecule has 0 aliphatic rings. The molecule has 4 rings (SSSR count). The Bertz CT molecular complexity index is 1710. The average molecular weight is 667 g/mol. The van der Waals surface area contributed by atoms with Crippen LogP contribution in [0.15, 0.2) is 108 Å². The van der Waals surface area contributed by atoms with Gasteiger partial charge in [0.15, 0.2) is 0 Å². The number of hydrogen-bond acceptors (Lipinski definition) is 4. The molecule has 0 saturated heterocycles. The van der Waals surface area contributed by atoms with Crippen LogP contribution in [0.25, 0.3) is 0 Å². The molecular weight excluding hydrogens is 629 g/mol. The van der Waals surface area contributed by atoms with Gasteiger partial charge in [-0.3, -0.25) is 13.9 Å². The maximum Gasteiger partial charge on any atom is 0.264 e. The molecule has 0 spiro atoms. The molecule has 7 nitrogen and oxygen atoms in total. The van der Waals surface area contributed by atoms with Crippen molar-refractivity contribution in [1.82, 2.24) is 10.2 Å². The number of aryl methyl sites for hydroxylation is 1. The standard InChI is InChI=1S/C35H37Cl2N3O4S/c1-25-18-20-27(21-19-25)40(45(43,44)28-14-9-6-10-15-28)24-33(41)39(23-29-30(36)16-11-17-31(29)37)32(34(42)38-35(2,3)4)22-26-12-7-5-8-13-26/h5-21,32H,22-24H2,1-4H3,(H,38,42). The van der Waals surface area contributed by atoms with Gasteiger partial charge >= 0.3 is 0 Å². The van der Waals surface area contributed by atoms with Crippen molar-refractivity contribution in [1.29, 1.82) is 0 Å². The highest BCUT2D eigenvalue weighted by Gasteiger charge is 2.36. The number of carbonyl (C=O) groups is 2. The third-order valence-electron chi connectivity index (χ3n) is 7.09. The molecule has 236 valence electrons. The second-order valence-corrected chi connectivity index (χ2v) is 14.5. The Hall–Kier alpha value is -3.85. The summed E-state index contributed by atoms with van der Waals surface area (Å²) in [5, 5.41) is 3.65. The number of rotatable bonds is 11. The molecule has 4 aromatic rings. The minimum Gasteiger partial charge on any atom is -0.350 e. The SMILES string of the molecule is Cc1ccc(N(CC(=O)N(Cc2c(Cl)cccc2Cl)C(Cc2ccccc2)C(=O)NC(C)(C)C)S(=O)(=O)c2ccccc2)cc1. The molecule has 0 aliphatic carbocycles. The molecule has 0 aliphatic heterocycles. The van der Waals surface area contributed by atoms with Crippen molar-refractivity contribution in [2.24, 2.45) is 0 Å². The molecule has 0 heterocycles. The Morgan fingerprint density at radius 2 is 1.36 bits per heavy atom. The quantitative estimate of drug-likeness (QED) is 0.186. The van der Waals surface area contributed by atoms with Gasteiger partial charge in [0.1, 0.15) is 12.6 Å². The van der Waals surface area contributed by atoms with E-state index in [0.29, 0.717) is 21.3 Å². The minimum atomic E-state index is -4.19. The van der Waals surface area contributed by atoms with Crippen LogP contribution in [0.5, 0.6) is 0 Å². The number of sulfonamides is 1. The fourth-order valence-electron chi connectivity index (χ4n) is 4.82. The van der Waals surface area contributed by atoms with E-state index in [4.69, 9.17) is 23.2 Å². The Balaban J connectivity index is 1.84. The molecule has 0 aromatic heterocycles. The monoisotopic (exact) mass is 665 g/mol. The van der Waals surface area contributed by atoms with Gasteiger partial charge < -0.3 is 10.2 Å². The summed E-state index contributed by atoms with van der Waals surface area (Å²) in [5.74, 6) is -0.994. The Morgan fingerprint density at radius 3 is 1.91 bits per heavy atom. The molecule has 1 atom stereocenters. The number of carbonyl (C=O) groups excluding carboxylic acids is 2. The number of nitrogens with one attached hydrogen (secondary N) is 1. The van der Waals surface area contributed by atoms with E-state index >= 15 is 0 Å². The predicted octanol–water partition coefficient (Wildman–Crippen LogP) is 7.05. The maximum atomic E-state index is 14.6. The van der Waals surface area contributed by atoms with E-state index in [0.717, 1.165) is 15.4 Å². The van der Waals surface area contributed by atoms with Crippen molar-refractivity contribution in [3.63, 3.8) is 0 Å². The summed E-state index contributed by atoms with van der Waals surface area (Å²) >= 11 is 13.1. The number of anilines is 1. The summed E-state index contributed by atoms with van der Waals surface area (Å²) in [5.41, 5.74) is 1.91. The summed E-state index contributed by atoms with van der Waals surface area (Å²) in [7, 11) is -4.19. The highest BCUT2D eigenvalue weighted by Crippen LogP contribution is 2.29. The van der Waals surface area contributed by atoms with Crippen LogP contribution in [0, 0.1) is 6.92 Å². The number of nitrogens with zero attached hydrogens (tertiary/aromatic N) is 2. The van der Waals surface area contributed by atoms with Crippen LogP contribution in [0.2, 0.25) is 10.0 Å². The van der Waals surface area contributed by atoms with Crippen molar-refractivity contribution < 1.29 is 18.0 Å². The van der Waals surface area contributed by atoms with Crippen LogP contribution < -0.4 is 9.62 Å². The van der Waals surface area contributed by atoms with Crippen LogP contribution in [-0.4, -0.2) is 43.3 Å². The van der Waals surface area contributed by atoms with E-state index in [9.17, 15) is 18.0 Å². The highest BCUT2D eigenvalue weighted by molar-refractivity contribution is 7.92. The summed E-state index contributed by atoms with van der Waals surface area (Å²) in [4.78, 5) is 29.9. The molecule has 0 saturated carbocycles. The lowest BCUT2D eigenvalue weighted by atomic mass is 10.0. The minimum absolute atomic E-state index is 0.0328. The van der Waals surface area contributed by atoms with E-state index < -0.39 is 40.0 Å². The largest absolute Gasteiger partial charge is 0.350 e. The zero-order chi connectivity index (χ0) is 32.8. The highest BCUT2D eigenvalue weighted by atomic mass is 35.5. The van der Waals surface area contributed by atoms with Crippen molar-refractivity contribution >= 4 is 50.7 Å². The number of halogens is 2. The molecule has 1 N–H and O–H groups in total. The van der Waals surface area contributed by atoms with Crippen LogP contribution in [-0.2, 0) is 32.6 Å². The Morgan fingerprint density at radius 1 is 0.800 bits per heavy atom.